The van der Waals surface area contributed by atoms with Crippen molar-refractivity contribution in [1.82, 2.24) is 29.9 Å². The fourth-order valence-electron chi connectivity index (χ4n) is 3.55. The van der Waals surface area contributed by atoms with Crippen LogP contribution >= 0.6 is 0 Å². The minimum atomic E-state index is -4.53. The predicted molar refractivity (Wildman–Crippen MR) is 85.6 cm³/mol. The highest BCUT2D eigenvalue weighted by molar-refractivity contribution is 5.91. The van der Waals surface area contributed by atoms with Gasteiger partial charge in [0.05, 0.1) is 30.6 Å². The summed E-state index contributed by atoms with van der Waals surface area (Å²) in [6, 6.07) is -0.187. The summed E-state index contributed by atoms with van der Waals surface area (Å²) in [6.45, 7) is 0.173. The number of carbonyl (C=O) groups is 1. The molecule has 27 heavy (non-hydrogen) atoms. The highest BCUT2D eigenvalue weighted by Crippen LogP contribution is 2.33. The summed E-state index contributed by atoms with van der Waals surface area (Å²) in [7, 11) is 0. The Morgan fingerprint density at radius 2 is 2.15 bits per heavy atom. The first-order chi connectivity index (χ1) is 12.8. The molecule has 0 saturated heterocycles. The van der Waals surface area contributed by atoms with E-state index in [0.717, 1.165) is 12.8 Å². The Hall–Kier alpha value is -2.43. The van der Waals surface area contributed by atoms with Gasteiger partial charge in [0.1, 0.15) is 0 Å². The number of hydrogen-bond donors (Lipinski definition) is 2. The van der Waals surface area contributed by atoms with E-state index in [-0.39, 0.29) is 30.5 Å². The Morgan fingerprint density at radius 1 is 1.33 bits per heavy atom. The molecule has 3 heterocycles. The molecule has 1 aliphatic heterocycles. The molecule has 0 radical (unpaired) electrons. The van der Waals surface area contributed by atoms with Crippen molar-refractivity contribution in [1.29, 1.82) is 0 Å². The SMILES string of the molecule is O=C(NCc1nc(C(F)(F)F)n2c1CCCC2)c1cn([C@@H]2CC[C@H]2O)nn1. The van der Waals surface area contributed by atoms with Crippen LogP contribution in [0.3, 0.4) is 0 Å². The van der Waals surface area contributed by atoms with Gasteiger partial charge in [0.2, 0.25) is 5.82 Å². The number of hydrogen-bond acceptors (Lipinski definition) is 5. The molecule has 11 heteroatoms. The van der Waals surface area contributed by atoms with Gasteiger partial charge < -0.3 is 15.0 Å². The largest absolute Gasteiger partial charge is 0.449 e. The number of aromatic nitrogens is 5. The molecule has 0 unspecified atom stereocenters. The number of aliphatic hydroxyl groups is 1. The summed E-state index contributed by atoms with van der Waals surface area (Å²) in [5.74, 6) is -1.45. The van der Waals surface area contributed by atoms with E-state index in [1.165, 1.54) is 15.4 Å². The highest BCUT2D eigenvalue weighted by atomic mass is 19.4. The molecule has 1 fully saturated rings. The number of fused-ring (bicyclic) bond motifs is 1. The summed E-state index contributed by atoms with van der Waals surface area (Å²) in [4.78, 5) is 16.0. The number of nitrogens with zero attached hydrogens (tertiary/aromatic N) is 5. The number of amides is 1. The molecule has 1 amide bonds. The van der Waals surface area contributed by atoms with E-state index in [9.17, 15) is 23.1 Å². The third-order valence-electron chi connectivity index (χ3n) is 5.16. The lowest BCUT2D eigenvalue weighted by atomic mass is 9.89. The molecule has 2 N–H and O–H groups in total. The minimum absolute atomic E-state index is 0.0539. The van der Waals surface area contributed by atoms with Crippen molar-refractivity contribution < 1.29 is 23.1 Å². The minimum Gasteiger partial charge on any atom is -0.391 e. The maximum atomic E-state index is 13.2. The Morgan fingerprint density at radius 3 is 2.81 bits per heavy atom. The van der Waals surface area contributed by atoms with Crippen molar-refractivity contribution in [3.8, 4) is 0 Å². The Kier molecular flexibility index (Phi) is 4.41. The average Bonchev–Trinajstić information content (AvgIpc) is 3.23. The predicted octanol–water partition coefficient (Wildman–Crippen LogP) is 1.46. The van der Waals surface area contributed by atoms with E-state index >= 15 is 0 Å². The van der Waals surface area contributed by atoms with Gasteiger partial charge in [0.15, 0.2) is 5.69 Å². The molecule has 0 spiro atoms. The zero-order valence-electron chi connectivity index (χ0n) is 14.4. The summed E-state index contributed by atoms with van der Waals surface area (Å²) in [5, 5.41) is 19.8. The summed E-state index contributed by atoms with van der Waals surface area (Å²) < 4.78 is 42.2. The highest BCUT2D eigenvalue weighted by Gasteiger charge is 2.39. The molecule has 2 aromatic heterocycles. The van der Waals surface area contributed by atoms with Crippen LogP contribution in [0.15, 0.2) is 6.20 Å². The monoisotopic (exact) mass is 384 g/mol. The third kappa shape index (κ3) is 3.31. The summed E-state index contributed by atoms with van der Waals surface area (Å²) in [6.07, 6.45) is -0.181. The zero-order chi connectivity index (χ0) is 19.2. The number of imidazole rings is 1. The van der Waals surface area contributed by atoms with Crippen LogP contribution in [0, 0.1) is 0 Å². The standard InChI is InChI=1S/C16H19F3N6O2/c17-16(18,19)15-21-9(11-3-1-2-6-24(11)15)7-20-14(27)10-8-25(23-22-10)12-4-5-13(12)26/h8,12-13,26H,1-7H2,(H,20,27)/t12-,13-/m1/s1. The molecule has 1 aliphatic carbocycles. The molecule has 2 atom stereocenters. The molecule has 4 rings (SSSR count). The van der Waals surface area contributed by atoms with Crippen molar-refractivity contribution in [2.75, 3.05) is 0 Å². The summed E-state index contributed by atoms with van der Waals surface area (Å²) >= 11 is 0. The third-order valence-corrected chi connectivity index (χ3v) is 5.16. The molecule has 146 valence electrons. The van der Waals surface area contributed by atoms with Gasteiger partial charge in [-0.25, -0.2) is 9.67 Å². The van der Waals surface area contributed by atoms with Crippen LogP contribution in [0.25, 0.3) is 0 Å². The van der Waals surface area contributed by atoms with Crippen LogP contribution in [0.4, 0.5) is 13.2 Å². The summed E-state index contributed by atoms with van der Waals surface area (Å²) in [5.41, 5.74) is 0.811. The van der Waals surface area contributed by atoms with Gasteiger partial charge in [0, 0.05) is 12.2 Å². The van der Waals surface area contributed by atoms with Crippen LogP contribution < -0.4 is 5.32 Å². The number of nitrogens with one attached hydrogen (secondary N) is 1. The van der Waals surface area contributed by atoms with Crippen molar-refractivity contribution in [2.24, 2.45) is 0 Å². The lowest BCUT2D eigenvalue weighted by Crippen LogP contribution is -2.34. The molecular formula is C16H19F3N6O2. The van der Waals surface area contributed by atoms with Gasteiger partial charge in [0.25, 0.3) is 5.91 Å². The van der Waals surface area contributed by atoms with Crippen LogP contribution in [-0.4, -0.2) is 41.7 Å². The molecule has 1 saturated carbocycles. The van der Waals surface area contributed by atoms with E-state index in [1.807, 2.05) is 0 Å². The fourth-order valence-corrected chi connectivity index (χ4v) is 3.55. The van der Waals surface area contributed by atoms with Gasteiger partial charge in [-0.05, 0) is 32.1 Å². The zero-order valence-corrected chi connectivity index (χ0v) is 14.4. The maximum absolute atomic E-state index is 13.2. The van der Waals surface area contributed by atoms with Crippen molar-refractivity contribution in [3.63, 3.8) is 0 Å². The van der Waals surface area contributed by atoms with E-state index in [2.05, 4.69) is 20.6 Å². The first kappa shape index (κ1) is 18.0. The Bertz CT molecular complexity index is 859. The van der Waals surface area contributed by atoms with Gasteiger partial charge in [-0.3, -0.25) is 4.79 Å². The quantitative estimate of drug-likeness (QED) is 0.832. The van der Waals surface area contributed by atoms with Gasteiger partial charge in [-0.15, -0.1) is 5.10 Å². The lowest BCUT2D eigenvalue weighted by molar-refractivity contribution is -0.147. The Balaban J connectivity index is 1.47. The van der Waals surface area contributed by atoms with E-state index in [0.29, 0.717) is 25.0 Å². The Labute approximate surface area is 152 Å². The van der Waals surface area contributed by atoms with E-state index < -0.39 is 24.0 Å². The number of halogens is 3. The first-order valence-electron chi connectivity index (χ1n) is 8.88. The maximum Gasteiger partial charge on any atom is 0.449 e. The van der Waals surface area contributed by atoms with Crippen LogP contribution in [0.1, 0.15) is 59.4 Å². The second-order valence-electron chi connectivity index (χ2n) is 6.91. The van der Waals surface area contributed by atoms with Crippen LogP contribution in [-0.2, 0) is 25.7 Å². The number of aliphatic hydroxyl groups excluding tert-OH is 1. The van der Waals surface area contributed by atoms with Gasteiger partial charge >= 0.3 is 6.18 Å². The molecule has 2 aliphatic rings. The number of rotatable bonds is 4. The molecule has 0 bridgehead atoms. The van der Waals surface area contributed by atoms with Crippen LogP contribution in [0.5, 0.6) is 0 Å². The molecule has 2 aromatic rings. The van der Waals surface area contributed by atoms with Gasteiger partial charge in [-0.2, -0.15) is 13.2 Å². The smallest absolute Gasteiger partial charge is 0.391 e. The second kappa shape index (κ2) is 6.63. The molecule has 8 nitrogen and oxygen atoms in total. The number of carbonyl (C=O) groups excluding carboxylic acids is 1. The fraction of sp³-hybridized carbons (Fsp3) is 0.625. The van der Waals surface area contributed by atoms with E-state index in [1.54, 1.807) is 0 Å². The molecular weight excluding hydrogens is 365 g/mol. The average molecular weight is 384 g/mol. The lowest BCUT2D eigenvalue weighted by Gasteiger charge is -2.31. The molecule has 0 aromatic carbocycles. The topological polar surface area (TPSA) is 97.9 Å². The van der Waals surface area contributed by atoms with Crippen molar-refractivity contribution >= 4 is 5.91 Å². The number of alkyl halides is 3. The van der Waals surface area contributed by atoms with Crippen LogP contribution in [0.2, 0.25) is 0 Å². The first-order valence-corrected chi connectivity index (χ1v) is 8.88. The second-order valence-corrected chi connectivity index (χ2v) is 6.91. The van der Waals surface area contributed by atoms with Gasteiger partial charge in [-0.1, -0.05) is 5.21 Å². The normalized spacial score (nSPS) is 22.2. The van der Waals surface area contributed by atoms with Crippen molar-refractivity contribution in [2.45, 2.75) is 63.5 Å². The van der Waals surface area contributed by atoms with E-state index in [4.69, 9.17) is 0 Å². The van der Waals surface area contributed by atoms with Crippen molar-refractivity contribution in [3.05, 3.63) is 29.1 Å².